The molecule has 0 N–H and O–H groups in total. The third kappa shape index (κ3) is 4.18. The van der Waals surface area contributed by atoms with Crippen molar-refractivity contribution in [2.75, 3.05) is 0 Å². The van der Waals surface area contributed by atoms with Crippen molar-refractivity contribution >= 4 is 10.8 Å². The highest BCUT2D eigenvalue weighted by Gasteiger charge is 2.15. The molecule has 172 valence electrons. The summed E-state index contributed by atoms with van der Waals surface area (Å²) in [6.07, 6.45) is 2.68. The van der Waals surface area contributed by atoms with Crippen LogP contribution in [0.1, 0.15) is 0 Å². The lowest BCUT2D eigenvalue weighted by Gasteiger charge is -2.09. The van der Waals surface area contributed by atoms with Crippen LogP contribution < -0.4 is 0 Å². The summed E-state index contributed by atoms with van der Waals surface area (Å²) in [5.74, 6) is -0.257. The van der Waals surface area contributed by atoms with Crippen molar-refractivity contribution in [3.63, 3.8) is 0 Å². The average Bonchev–Trinajstić information content (AvgIpc) is 2.92. The normalized spacial score (nSPS) is 11.1. The monoisotopic (exact) mass is 473 g/mol. The second-order valence-electron chi connectivity index (χ2n) is 8.13. The van der Waals surface area contributed by atoms with E-state index in [-0.39, 0.29) is 23.0 Å². The molecule has 0 atom stereocenters. The highest BCUT2D eigenvalue weighted by molar-refractivity contribution is 5.96. The Balaban J connectivity index is 1.46. The molecule has 0 amide bonds. The van der Waals surface area contributed by atoms with Gasteiger partial charge < -0.3 is 0 Å². The fraction of sp³-hybridized carbons (Fsp3) is 0. The standard InChI is InChI=1S/C29H17F2N5/c30-21-12-14-32-25(16-21)28-34-27(35-29(36-28)26-17-22(31)13-15-33-26)20-10-8-19(9-11-20)24-7-3-5-18-4-1-2-6-23(18)24/h1-17H. The maximum atomic E-state index is 13.9. The molecule has 6 aromatic rings. The highest BCUT2D eigenvalue weighted by Crippen LogP contribution is 2.30. The van der Waals surface area contributed by atoms with E-state index in [2.05, 4.69) is 49.2 Å². The molecule has 5 nitrogen and oxygen atoms in total. The van der Waals surface area contributed by atoms with Crippen LogP contribution in [0.5, 0.6) is 0 Å². The second kappa shape index (κ2) is 9.03. The number of pyridine rings is 2. The van der Waals surface area contributed by atoms with Gasteiger partial charge in [0, 0.05) is 30.1 Å². The lowest BCUT2D eigenvalue weighted by Crippen LogP contribution is -2.02. The topological polar surface area (TPSA) is 64.5 Å². The molecular formula is C29H17F2N5. The zero-order chi connectivity index (χ0) is 24.5. The molecule has 3 heterocycles. The van der Waals surface area contributed by atoms with E-state index in [1.165, 1.54) is 36.7 Å². The van der Waals surface area contributed by atoms with E-state index in [1.807, 2.05) is 42.5 Å². The minimum absolute atomic E-state index is 0.165. The van der Waals surface area contributed by atoms with Crippen LogP contribution in [0, 0.1) is 11.6 Å². The predicted octanol–water partition coefficient (Wildman–Crippen LogP) is 6.76. The molecule has 7 heteroatoms. The predicted molar refractivity (Wildman–Crippen MR) is 135 cm³/mol. The van der Waals surface area contributed by atoms with Gasteiger partial charge in [-0.2, -0.15) is 0 Å². The van der Waals surface area contributed by atoms with Gasteiger partial charge in [-0.3, -0.25) is 9.97 Å². The molecule has 0 aliphatic carbocycles. The van der Waals surface area contributed by atoms with Crippen LogP contribution >= 0.6 is 0 Å². The summed E-state index contributed by atoms with van der Waals surface area (Å²) in [5.41, 5.74) is 3.36. The summed E-state index contributed by atoms with van der Waals surface area (Å²) in [6.45, 7) is 0. The molecular weight excluding hydrogens is 456 g/mol. The molecule has 0 saturated carbocycles. The van der Waals surface area contributed by atoms with E-state index in [9.17, 15) is 8.78 Å². The lowest BCUT2D eigenvalue weighted by molar-refractivity contribution is 0.626. The summed E-state index contributed by atoms with van der Waals surface area (Å²) in [4.78, 5) is 21.9. The van der Waals surface area contributed by atoms with Gasteiger partial charge in [0.25, 0.3) is 0 Å². The molecule has 6 rings (SSSR count). The summed E-state index contributed by atoms with van der Waals surface area (Å²) in [7, 11) is 0. The molecule has 0 bridgehead atoms. The Labute approximate surface area is 205 Å². The Kier molecular flexibility index (Phi) is 5.42. The molecule has 3 aromatic heterocycles. The summed E-state index contributed by atoms with van der Waals surface area (Å²) >= 11 is 0. The van der Waals surface area contributed by atoms with Crippen molar-refractivity contribution in [2.45, 2.75) is 0 Å². The Bertz CT molecular complexity index is 1650. The van der Waals surface area contributed by atoms with Crippen molar-refractivity contribution < 1.29 is 8.78 Å². The molecule has 0 aliphatic rings. The summed E-state index contributed by atoms with van der Waals surface area (Å²) in [5, 5.41) is 2.32. The van der Waals surface area contributed by atoms with Crippen LogP contribution in [0.2, 0.25) is 0 Å². The van der Waals surface area contributed by atoms with Crippen molar-refractivity contribution in [3.8, 4) is 45.6 Å². The highest BCUT2D eigenvalue weighted by atomic mass is 19.1. The number of halogens is 2. The quantitative estimate of drug-likeness (QED) is 0.283. The number of rotatable bonds is 4. The Morgan fingerprint density at radius 3 is 1.69 bits per heavy atom. The minimum atomic E-state index is -0.466. The van der Waals surface area contributed by atoms with Crippen LogP contribution in [0.4, 0.5) is 8.78 Å². The van der Waals surface area contributed by atoms with Crippen LogP contribution in [-0.4, -0.2) is 24.9 Å². The zero-order valence-electron chi connectivity index (χ0n) is 18.8. The summed E-state index contributed by atoms with van der Waals surface area (Å²) in [6, 6.07) is 27.2. The zero-order valence-corrected chi connectivity index (χ0v) is 18.8. The molecule has 3 aromatic carbocycles. The first-order valence-electron chi connectivity index (χ1n) is 11.2. The van der Waals surface area contributed by atoms with Gasteiger partial charge in [0.2, 0.25) is 0 Å². The number of hydrogen-bond acceptors (Lipinski definition) is 5. The first kappa shape index (κ1) is 21.6. The molecule has 36 heavy (non-hydrogen) atoms. The summed E-state index contributed by atoms with van der Waals surface area (Å²) < 4.78 is 27.8. The number of fused-ring (bicyclic) bond motifs is 1. The number of aromatic nitrogens is 5. The van der Waals surface area contributed by atoms with Gasteiger partial charge in [-0.05, 0) is 34.0 Å². The number of hydrogen-bond donors (Lipinski definition) is 0. The molecule has 0 saturated heterocycles. The van der Waals surface area contributed by atoms with E-state index in [0.29, 0.717) is 5.82 Å². The molecule has 0 fully saturated rings. The van der Waals surface area contributed by atoms with Gasteiger partial charge in [0.1, 0.15) is 23.0 Å². The SMILES string of the molecule is Fc1ccnc(-c2nc(-c3ccc(-c4cccc5ccccc45)cc3)nc(-c3cc(F)ccn3)n2)c1. The van der Waals surface area contributed by atoms with E-state index >= 15 is 0 Å². The second-order valence-corrected chi connectivity index (χ2v) is 8.13. The molecule has 0 spiro atoms. The van der Waals surface area contributed by atoms with Crippen LogP contribution in [-0.2, 0) is 0 Å². The third-order valence-electron chi connectivity index (χ3n) is 5.78. The Hall–Kier alpha value is -4.91. The van der Waals surface area contributed by atoms with E-state index < -0.39 is 11.6 Å². The average molecular weight is 473 g/mol. The molecule has 0 unspecified atom stereocenters. The van der Waals surface area contributed by atoms with Gasteiger partial charge in [-0.1, -0.05) is 66.7 Å². The molecule has 0 radical (unpaired) electrons. The first-order valence-corrected chi connectivity index (χ1v) is 11.2. The van der Waals surface area contributed by atoms with Crippen molar-refractivity contribution in [2.24, 2.45) is 0 Å². The first-order chi connectivity index (χ1) is 17.6. The fourth-order valence-electron chi connectivity index (χ4n) is 4.06. The Morgan fingerprint density at radius 1 is 0.500 bits per heavy atom. The number of benzene rings is 3. The molecule has 0 aliphatic heterocycles. The fourth-order valence-corrected chi connectivity index (χ4v) is 4.06. The lowest BCUT2D eigenvalue weighted by atomic mass is 9.97. The van der Waals surface area contributed by atoms with E-state index in [1.54, 1.807) is 0 Å². The minimum Gasteiger partial charge on any atom is -0.253 e. The third-order valence-corrected chi connectivity index (χ3v) is 5.78. The van der Waals surface area contributed by atoms with Crippen molar-refractivity contribution in [1.82, 2.24) is 24.9 Å². The van der Waals surface area contributed by atoms with Gasteiger partial charge in [0.05, 0.1) is 0 Å². The van der Waals surface area contributed by atoms with Crippen molar-refractivity contribution in [3.05, 3.63) is 115 Å². The maximum absolute atomic E-state index is 13.9. The largest absolute Gasteiger partial charge is 0.253 e. The van der Waals surface area contributed by atoms with Gasteiger partial charge in [0.15, 0.2) is 17.5 Å². The maximum Gasteiger partial charge on any atom is 0.182 e. The van der Waals surface area contributed by atoms with Crippen molar-refractivity contribution in [1.29, 1.82) is 0 Å². The van der Waals surface area contributed by atoms with Gasteiger partial charge >= 0.3 is 0 Å². The smallest absolute Gasteiger partial charge is 0.182 e. The van der Waals surface area contributed by atoms with E-state index in [4.69, 9.17) is 0 Å². The Morgan fingerprint density at radius 2 is 1.06 bits per heavy atom. The van der Waals surface area contributed by atoms with Gasteiger partial charge in [-0.15, -0.1) is 0 Å². The number of nitrogens with zero attached hydrogens (tertiary/aromatic N) is 5. The van der Waals surface area contributed by atoms with Crippen LogP contribution in [0.3, 0.4) is 0 Å². The van der Waals surface area contributed by atoms with E-state index in [0.717, 1.165) is 27.5 Å². The van der Waals surface area contributed by atoms with Crippen LogP contribution in [0.25, 0.3) is 56.3 Å². The van der Waals surface area contributed by atoms with Gasteiger partial charge in [-0.25, -0.2) is 23.7 Å². The van der Waals surface area contributed by atoms with Crippen LogP contribution in [0.15, 0.2) is 103 Å².